The fraction of sp³-hybridized carbons (Fsp3) is 0.385. The molecule has 0 spiro atoms. The molecule has 0 saturated heterocycles. The van der Waals surface area contributed by atoms with Crippen LogP contribution >= 0.6 is 0 Å². The number of methoxy groups -OCH3 is 2. The van der Waals surface area contributed by atoms with Gasteiger partial charge < -0.3 is 9.47 Å². The molecule has 94 valence electrons. The van der Waals surface area contributed by atoms with E-state index in [-0.39, 0.29) is 6.04 Å². The van der Waals surface area contributed by atoms with Crippen molar-refractivity contribution in [2.75, 3.05) is 14.2 Å². The predicted molar refractivity (Wildman–Crippen MR) is 69.0 cm³/mol. The molecular formula is C13H20N2O2. The molecule has 0 aliphatic heterocycles. The lowest BCUT2D eigenvalue weighted by Gasteiger charge is -2.19. The summed E-state index contributed by atoms with van der Waals surface area (Å²) in [5, 5.41) is 0. The van der Waals surface area contributed by atoms with Gasteiger partial charge in [-0.05, 0) is 18.9 Å². The molecule has 1 aromatic carbocycles. The number of benzene rings is 1. The van der Waals surface area contributed by atoms with E-state index in [0.717, 1.165) is 29.9 Å². The van der Waals surface area contributed by atoms with Gasteiger partial charge in [0.2, 0.25) is 0 Å². The molecule has 0 saturated carbocycles. The van der Waals surface area contributed by atoms with Gasteiger partial charge in [-0.2, -0.15) is 0 Å². The molecule has 0 aliphatic rings. The standard InChI is InChI=1S/C13H20N2O2/c1-4-5-6-12(15-14)11-8-7-10(16-2)9-13(11)17-3/h4,7-9,12,15H,1,5-6,14H2,2-3H3. The molecule has 0 fully saturated rings. The van der Waals surface area contributed by atoms with Gasteiger partial charge >= 0.3 is 0 Å². The third-order valence-electron chi connectivity index (χ3n) is 2.68. The number of allylic oxidation sites excluding steroid dienone is 1. The van der Waals surface area contributed by atoms with Crippen molar-refractivity contribution in [2.24, 2.45) is 5.84 Å². The van der Waals surface area contributed by atoms with Gasteiger partial charge in [-0.25, -0.2) is 0 Å². The average molecular weight is 236 g/mol. The van der Waals surface area contributed by atoms with E-state index in [2.05, 4.69) is 12.0 Å². The Morgan fingerprint density at radius 3 is 2.71 bits per heavy atom. The van der Waals surface area contributed by atoms with Crippen LogP contribution in [0.4, 0.5) is 0 Å². The summed E-state index contributed by atoms with van der Waals surface area (Å²) in [5.41, 5.74) is 3.82. The number of nitrogens with one attached hydrogen (secondary N) is 1. The molecule has 17 heavy (non-hydrogen) atoms. The van der Waals surface area contributed by atoms with Gasteiger partial charge in [0.1, 0.15) is 11.5 Å². The third kappa shape index (κ3) is 3.47. The summed E-state index contributed by atoms with van der Waals surface area (Å²) in [6.07, 6.45) is 3.65. The van der Waals surface area contributed by atoms with Crippen LogP contribution in [0.15, 0.2) is 30.9 Å². The van der Waals surface area contributed by atoms with Gasteiger partial charge in [0.15, 0.2) is 0 Å². The Morgan fingerprint density at radius 2 is 2.18 bits per heavy atom. The van der Waals surface area contributed by atoms with Crippen LogP contribution < -0.4 is 20.7 Å². The molecular weight excluding hydrogens is 216 g/mol. The summed E-state index contributed by atoms with van der Waals surface area (Å²) in [5.74, 6) is 7.11. The second kappa shape index (κ2) is 6.93. The van der Waals surface area contributed by atoms with Crippen LogP contribution in [0.1, 0.15) is 24.4 Å². The molecule has 0 heterocycles. The van der Waals surface area contributed by atoms with Crippen LogP contribution in [-0.4, -0.2) is 14.2 Å². The summed E-state index contributed by atoms with van der Waals surface area (Å²) in [6, 6.07) is 5.77. The fourth-order valence-electron chi connectivity index (χ4n) is 1.72. The normalized spacial score (nSPS) is 11.9. The highest BCUT2D eigenvalue weighted by atomic mass is 16.5. The topological polar surface area (TPSA) is 56.5 Å². The van der Waals surface area contributed by atoms with Gasteiger partial charge in [-0.15, -0.1) is 6.58 Å². The van der Waals surface area contributed by atoms with Gasteiger partial charge in [0.05, 0.1) is 14.2 Å². The number of rotatable bonds is 7. The first-order valence-electron chi connectivity index (χ1n) is 5.55. The van der Waals surface area contributed by atoms with Gasteiger partial charge in [0, 0.05) is 17.7 Å². The van der Waals surface area contributed by atoms with E-state index in [1.54, 1.807) is 14.2 Å². The van der Waals surface area contributed by atoms with E-state index in [1.807, 2.05) is 24.3 Å². The number of ether oxygens (including phenoxy) is 2. The molecule has 1 aromatic rings. The maximum Gasteiger partial charge on any atom is 0.127 e. The van der Waals surface area contributed by atoms with Crippen LogP contribution in [0.2, 0.25) is 0 Å². The molecule has 1 rings (SSSR count). The van der Waals surface area contributed by atoms with Crippen molar-refractivity contribution in [2.45, 2.75) is 18.9 Å². The van der Waals surface area contributed by atoms with Gasteiger partial charge in [0.25, 0.3) is 0 Å². The van der Waals surface area contributed by atoms with Crippen LogP contribution in [0.25, 0.3) is 0 Å². The van der Waals surface area contributed by atoms with Crippen LogP contribution in [0.3, 0.4) is 0 Å². The quantitative estimate of drug-likeness (QED) is 0.433. The highest BCUT2D eigenvalue weighted by Crippen LogP contribution is 2.31. The first kappa shape index (κ1) is 13.5. The Bertz CT molecular complexity index is 366. The van der Waals surface area contributed by atoms with E-state index in [4.69, 9.17) is 15.3 Å². The van der Waals surface area contributed by atoms with Crippen molar-refractivity contribution in [3.05, 3.63) is 36.4 Å². The lowest BCUT2D eigenvalue weighted by molar-refractivity contribution is 0.382. The molecule has 1 atom stereocenters. The van der Waals surface area contributed by atoms with Crippen molar-refractivity contribution in [1.82, 2.24) is 5.43 Å². The zero-order valence-corrected chi connectivity index (χ0v) is 10.4. The lowest BCUT2D eigenvalue weighted by atomic mass is 10.0. The zero-order chi connectivity index (χ0) is 12.7. The Kier molecular flexibility index (Phi) is 5.52. The second-order valence-electron chi connectivity index (χ2n) is 3.69. The molecule has 0 aromatic heterocycles. The Balaban J connectivity index is 2.96. The highest BCUT2D eigenvalue weighted by Gasteiger charge is 2.14. The van der Waals surface area contributed by atoms with Crippen molar-refractivity contribution >= 4 is 0 Å². The summed E-state index contributed by atoms with van der Waals surface area (Å²) in [4.78, 5) is 0. The molecule has 4 heteroatoms. The number of hydrogen-bond donors (Lipinski definition) is 2. The Labute approximate surface area is 102 Å². The minimum absolute atomic E-state index is 0.0499. The fourth-order valence-corrected chi connectivity index (χ4v) is 1.72. The Hall–Kier alpha value is -1.52. The number of nitrogens with two attached hydrogens (primary N) is 1. The monoisotopic (exact) mass is 236 g/mol. The largest absolute Gasteiger partial charge is 0.497 e. The van der Waals surface area contributed by atoms with Crippen molar-refractivity contribution in [1.29, 1.82) is 0 Å². The van der Waals surface area contributed by atoms with E-state index in [0.29, 0.717) is 0 Å². The first-order chi connectivity index (χ1) is 8.26. The SMILES string of the molecule is C=CCCC(NN)c1ccc(OC)cc1OC. The second-order valence-corrected chi connectivity index (χ2v) is 3.69. The van der Waals surface area contributed by atoms with Crippen molar-refractivity contribution < 1.29 is 9.47 Å². The average Bonchev–Trinajstić information content (AvgIpc) is 2.39. The molecule has 0 bridgehead atoms. The van der Waals surface area contributed by atoms with Crippen LogP contribution in [0, 0.1) is 0 Å². The number of hydrogen-bond acceptors (Lipinski definition) is 4. The van der Waals surface area contributed by atoms with Gasteiger partial charge in [-0.1, -0.05) is 12.1 Å². The van der Waals surface area contributed by atoms with E-state index in [9.17, 15) is 0 Å². The summed E-state index contributed by atoms with van der Waals surface area (Å²) >= 11 is 0. The van der Waals surface area contributed by atoms with Gasteiger partial charge in [-0.3, -0.25) is 11.3 Å². The molecule has 0 aliphatic carbocycles. The first-order valence-corrected chi connectivity index (χ1v) is 5.55. The van der Waals surface area contributed by atoms with Crippen molar-refractivity contribution in [3.63, 3.8) is 0 Å². The maximum atomic E-state index is 5.57. The van der Waals surface area contributed by atoms with E-state index < -0.39 is 0 Å². The third-order valence-corrected chi connectivity index (χ3v) is 2.68. The highest BCUT2D eigenvalue weighted by molar-refractivity contribution is 5.42. The lowest BCUT2D eigenvalue weighted by Crippen LogP contribution is -2.28. The minimum Gasteiger partial charge on any atom is -0.497 e. The van der Waals surface area contributed by atoms with Crippen LogP contribution in [0.5, 0.6) is 11.5 Å². The van der Waals surface area contributed by atoms with Crippen molar-refractivity contribution in [3.8, 4) is 11.5 Å². The zero-order valence-electron chi connectivity index (χ0n) is 10.4. The van der Waals surface area contributed by atoms with Crippen LogP contribution in [-0.2, 0) is 0 Å². The molecule has 0 radical (unpaired) electrons. The number of hydrazine groups is 1. The molecule has 3 N–H and O–H groups in total. The molecule has 1 unspecified atom stereocenters. The molecule has 0 amide bonds. The van der Waals surface area contributed by atoms with E-state index in [1.165, 1.54) is 0 Å². The predicted octanol–water partition coefficient (Wildman–Crippen LogP) is 2.17. The minimum atomic E-state index is 0.0499. The van der Waals surface area contributed by atoms with E-state index >= 15 is 0 Å². The molecule has 4 nitrogen and oxygen atoms in total. The summed E-state index contributed by atoms with van der Waals surface area (Å²) in [7, 11) is 3.27. The summed E-state index contributed by atoms with van der Waals surface area (Å²) < 4.78 is 10.5. The maximum absolute atomic E-state index is 5.57. The summed E-state index contributed by atoms with van der Waals surface area (Å²) in [6.45, 7) is 3.71. The smallest absolute Gasteiger partial charge is 0.127 e. The Morgan fingerprint density at radius 1 is 1.41 bits per heavy atom.